The van der Waals surface area contributed by atoms with E-state index in [1.165, 1.54) is 0 Å². The lowest BCUT2D eigenvalue weighted by molar-refractivity contribution is -0.122. The zero-order valence-corrected chi connectivity index (χ0v) is 15.7. The Morgan fingerprint density at radius 3 is 2.58 bits per heavy atom. The van der Waals surface area contributed by atoms with Gasteiger partial charge in [0.25, 0.3) is 0 Å². The van der Waals surface area contributed by atoms with E-state index in [0.717, 1.165) is 21.9 Å². The molecule has 1 amide bonds. The van der Waals surface area contributed by atoms with Gasteiger partial charge in [0.1, 0.15) is 5.60 Å². The Bertz CT molecular complexity index is 919. The highest BCUT2D eigenvalue weighted by Gasteiger charge is 2.27. The summed E-state index contributed by atoms with van der Waals surface area (Å²) >= 11 is 6.09. The van der Waals surface area contributed by atoms with Crippen LogP contribution in [0.15, 0.2) is 66.7 Å². The van der Waals surface area contributed by atoms with E-state index in [9.17, 15) is 4.79 Å². The average molecular weight is 368 g/mol. The van der Waals surface area contributed by atoms with Crippen LogP contribution in [-0.4, -0.2) is 19.6 Å². The lowest BCUT2D eigenvalue weighted by atomic mass is 9.95. The summed E-state index contributed by atoms with van der Waals surface area (Å²) < 4.78 is 5.68. The maximum atomic E-state index is 12.5. The number of halogens is 1. The van der Waals surface area contributed by atoms with E-state index in [4.69, 9.17) is 16.3 Å². The first-order valence-corrected chi connectivity index (χ1v) is 8.94. The predicted molar refractivity (Wildman–Crippen MR) is 106 cm³/mol. The highest BCUT2D eigenvalue weighted by Crippen LogP contribution is 2.26. The van der Waals surface area contributed by atoms with Crippen molar-refractivity contribution in [2.75, 3.05) is 13.7 Å². The van der Waals surface area contributed by atoms with Crippen molar-refractivity contribution in [2.45, 2.75) is 18.9 Å². The molecule has 0 saturated carbocycles. The summed E-state index contributed by atoms with van der Waals surface area (Å²) in [4.78, 5) is 12.5. The van der Waals surface area contributed by atoms with Crippen LogP contribution in [0.2, 0.25) is 5.02 Å². The van der Waals surface area contributed by atoms with Gasteiger partial charge in [-0.25, -0.2) is 0 Å². The Kier molecular flexibility index (Phi) is 5.60. The molecule has 4 heteroatoms. The molecule has 3 aromatic carbocycles. The number of hydrogen-bond donors (Lipinski definition) is 1. The second-order valence-electron chi connectivity index (χ2n) is 6.54. The lowest BCUT2D eigenvalue weighted by Gasteiger charge is -2.29. The molecule has 0 aliphatic carbocycles. The third-order valence-corrected chi connectivity index (χ3v) is 4.97. The quantitative estimate of drug-likeness (QED) is 0.685. The minimum absolute atomic E-state index is 0.0355. The smallest absolute Gasteiger partial charge is 0.224 e. The molecule has 0 aromatic heterocycles. The highest BCUT2D eigenvalue weighted by atomic mass is 35.5. The zero-order valence-electron chi connectivity index (χ0n) is 15.0. The summed E-state index contributed by atoms with van der Waals surface area (Å²) in [7, 11) is 1.64. The van der Waals surface area contributed by atoms with Crippen molar-refractivity contribution in [3.8, 4) is 0 Å². The van der Waals surface area contributed by atoms with Crippen molar-refractivity contribution in [1.82, 2.24) is 5.32 Å². The monoisotopic (exact) mass is 367 g/mol. The fourth-order valence-electron chi connectivity index (χ4n) is 3.06. The Morgan fingerprint density at radius 1 is 1.08 bits per heavy atom. The number of amides is 1. The molecule has 3 aromatic rings. The van der Waals surface area contributed by atoms with Gasteiger partial charge in [-0.2, -0.15) is 0 Å². The van der Waals surface area contributed by atoms with Crippen LogP contribution in [0, 0.1) is 0 Å². The van der Waals surface area contributed by atoms with E-state index >= 15 is 0 Å². The van der Waals surface area contributed by atoms with Gasteiger partial charge in [-0.1, -0.05) is 66.2 Å². The van der Waals surface area contributed by atoms with Gasteiger partial charge in [0.15, 0.2) is 0 Å². The second kappa shape index (κ2) is 7.90. The number of nitrogens with one attached hydrogen (secondary N) is 1. The van der Waals surface area contributed by atoms with Gasteiger partial charge in [-0.3, -0.25) is 4.79 Å². The first-order chi connectivity index (χ1) is 12.5. The molecule has 3 rings (SSSR count). The molecule has 1 atom stereocenters. The molecule has 0 radical (unpaired) electrons. The van der Waals surface area contributed by atoms with Crippen LogP contribution in [0.3, 0.4) is 0 Å². The largest absolute Gasteiger partial charge is 0.372 e. The van der Waals surface area contributed by atoms with Crippen LogP contribution >= 0.6 is 11.6 Å². The molecule has 1 N–H and O–H groups in total. The normalized spacial score (nSPS) is 13.3. The third-order valence-electron chi connectivity index (χ3n) is 4.74. The summed E-state index contributed by atoms with van der Waals surface area (Å²) in [5.74, 6) is -0.0355. The number of carbonyl (C=O) groups excluding carboxylic acids is 1. The third kappa shape index (κ3) is 4.06. The molecule has 0 fully saturated rings. The van der Waals surface area contributed by atoms with Crippen LogP contribution in [0.5, 0.6) is 0 Å². The predicted octanol–water partition coefficient (Wildman–Crippen LogP) is 4.71. The molecule has 0 bridgehead atoms. The van der Waals surface area contributed by atoms with Crippen molar-refractivity contribution in [2.24, 2.45) is 0 Å². The lowest BCUT2D eigenvalue weighted by Crippen LogP contribution is -2.40. The SMILES string of the molecule is COC(C)(CNC(=O)Cc1cccc2ccccc12)c1cccc(Cl)c1. The topological polar surface area (TPSA) is 38.3 Å². The van der Waals surface area contributed by atoms with Crippen LogP contribution in [0.4, 0.5) is 0 Å². The van der Waals surface area contributed by atoms with E-state index in [0.29, 0.717) is 18.0 Å². The maximum Gasteiger partial charge on any atom is 0.224 e. The Balaban J connectivity index is 1.71. The molecule has 0 spiro atoms. The number of benzene rings is 3. The molecule has 3 nitrogen and oxygen atoms in total. The fraction of sp³-hybridized carbons (Fsp3) is 0.227. The van der Waals surface area contributed by atoms with Gasteiger partial charge in [0.2, 0.25) is 5.91 Å². The number of fused-ring (bicyclic) bond motifs is 1. The molecular weight excluding hydrogens is 346 g/mol. The van der Waals surface area contributed by atoms with Gasteiger partial charge in [-0.15, -0.1) is 0 Å². The van der Waals surface area contributed by atoms with Gasteiger partial charge in [0.05, 0.1) is 13.0 Å². The number of ether oxygens (including phenoxy) is 1. The van der Waals surface area contributed by atoms with Crippen LogP contribution < -0.4 is 5.32 Å². The zero-order chi connectivity index (χ0) is 18.6. The van der Waals surface area contributed by atoms with Crippen molar-refractivity contribution in [3.63, 3.8) is 0 Å². The van der Waals surface area contributed by atoms with Gasteiger partial charge >= 0.3 is 0 Å². The maximum absolute atomic E-state index is 12.5. The van der Waals surface area contributed by atoms with Crippen LogP contribution in [-0.2, 0) is 21.6 Å². The molecule has 0 saturated heterocycles. The molecule has 0 aliphatic heterocycles. The Morgan fingerprint density at radius 2 is 1.81 bits per heavy atom. The minimum Gasteiger partial charge on any atom is -0.372 e. The summed E-state index contributed by atoms with van der Waals surface area (Å²) in [6, 6.07) is 21.6. The van der Waals surface area contributed by atoms with Crippen LogP contribution in [0.25, 0.3) is 10.8 Å². The molecule has 0 heterocycles. The molecule has 0 aliphatic rings. The standard InChI is InChI=1S/C22H22ClNO2/c1-22(26-2,18-10-6-11-19(23)14-18)15-24-21(25)13-17-9-5-8-16-7-3-4-12-20(16)17/h3-12,14H,13,15H2,1-2H3,(H,24,25). The van der Waals surface area contributed by atoms with Crippen molar-refractivity contribution in [1.29, 1.82) is 0 Å². The Hall–Kier alpha value is -2.36. The molecule has 1 unspecified atom stereocenters. The van der Waals surface area contributed by atoms with Gasteiger partial charge < -0.3 is 10.1 Å². The number of rotatable bonds is 6. The van der Waals surface area contributed by atoms with Gasteiger partial charge in [-0.05, 0) is 41.0 Å². The fourth-order valence-corrected chi connectivity index (χ4v) is 3.25. The highest BCUT2D eigenvalue weighted by molar-refractivity contribution is 6.30. The second-order valence-corrected chi connectivity index (χ2v) is 6.97. The van der Waals surface area contributed by atoms with Crippen molar-refractivity contribution in [3.05, 3.63) is 82.9 Å². The first kappa shape index (κ1) is 18.4. The van der Waals surface area contributed by atoms with E-state index in [1.807, 2.05) is 61.5 Å². The molecule has 26 heavy (non-hydrogen) atoms. The van der Waals surface area contributed by atoms with E-state index < -0.39 is 5.60 Å². The first-order valence-electron chi connectivity index (χ1n) is 8.56. The van der Waals surface area contributed by atoms with Gasteiger partial charge in [0, 0.05) is 12.1 Å². The number of methoxy groups -OCH3 is 1. The summed E-state index contributed by atoms with van der Waals surface area (Å²) in [5.41, 5.74) is 1.31. The van der Waals surface area contributed by atoms with Crippen molar-refractivity contribution >= 4 is 28.3 Å². The number of hydrogen-bond acceptors (Lipinski definition) is 2. The Labute approximate surface area is 158 Å². The van der Waals surface area contributed by atoms with E-state index in [2.05, 4.69) is 17.4 Å². The summed E-state index contributed by atoms with van der Waals surface area (Å²) in [6.07, 6.45) is 0.330. The molecular formula is C22H22ClNO2. The summed E-state index contributed by atoms with van der Waals surface area (Å²) in [6.45, 7) is 2.31. The van der Waals surface area contributed by atoms with Crippen molar-refractivity contribution < 1.29 is 9.53 Å². The van der Waals surface area contributed by atoms with E-state index in [1.54, 1.807) is 7.11 Å². The summed E-state index contributed by atoms with van der Waals surface area (Å²) in [5, 5.41) is 5.89. The average Bonchev–Trinajstić information content (AvgIpc) is 2.66. The number of carbonyl (C=O) groups is 1. The van der Waals surface area contributed by atoms with Crippen LogP contribution in [0.1, 0.15) is 18.1 Å². The van der Waals surface area contributed by atoms with E-state index in [-0.39, 0.29) is 5.91 Å². The minimum atomic E-state index is -0.640. The molecule has 134 valence electrons.